The summed E-state index contributed by atoms with van der Waals surface area (Å²) in [5.74, 6) is -4.88. The van der Waals surface area contributed by atoms with Gasteiger partial charge in [0.1, 0.15) is 0 Å². The molecule has 21 heavy (non-hydrogen) atoms. The summed E-state index contributed by atoms with van der Waals surface area (Å²) in [5.41, 5.74) is 0.543. The predicted molar refractivity (Wildman–Crippen MR) is 75.1 cm³/mol. The van der Waals surface area contributed by atoms with Crippen LogP contribution in [0.5, 0.6) is 0 Å². The number of carbonyl (C=O) groups is 1. The van der Waals surface area contributed by atoms with E-state index in [1.54, 1.807) is 0 Å². The lowest BCUT2D eigenvalue weighted by Gasteiger charge is -2.04. The molecule has 1 aromatic heterocycles. The van der Waals surface area contributed by atoms with Crippen LogP contribution in [0.3, 0.4) is 0 Å². The number of nitrogens with zero attached hydrogens (tertiary/aromatic N) is 1. The largest absolute Gasteiger partial charge is 0.298 e. The molecule has 0 aliphatic rings. The third-order valence-electron chi connectivity index (χ3n) is 3.11. The molecule has 7 heteroatoms. The number of anilines is 1. The van der Waals surface area contributed by atoms with Crippen molar-refractivity contribution in [2.75, 3.05) is 5.32 Å². The van der Waals surface area contributed by atoms with Gasteiger partial charge in [0.25, 0.3) is 5.91 Å². The Labute approximate surface area is 123 Å². The second kappa shape index (κ2) is 6.26. The van der Waals surface area contributed by atoms with E-state index in [1.807, 2.05) is 19.2 Å². The molecule has 112 valence electrons. The zero-order valence-corrected chi connectivity index (χ0v) is 12.2. The van der Waals surface area contributed by atoms with Gasteiger partial charge in [-0.05, 0) is 24.5 Å². The lowest BCUT2D eigenvalue weighted by Crippen LogP contribution is -2.13. The molecule has 1 unspecified atom stereocenters. The van der Waals surface area contributed by atoms with Crippen molar-refractivity contribution >= 4 is 22.4 Å². The van der Waals surface area contributed by atoms with E-state index in [0.29, 0.717) is 17.3 Å². The number of halogens is 3. The topological polar surface area (TPSA) is 42.0 Å². The predicted octanol–water partition coefficient (Wildman–Crippen LogP) is 4.33. The maximum Gasteiger partial charge on any atom is 0.257 e. The molecule has 0 bridgehead atoms. The van der Waals surface area contributed by atoms with Crippen LogP contribution in [0, 0.1) is 17.5 Å². The quantitative estimate of drug-likeness (QED) is 0.854. The Morgan fingerprint density at radius 1 is 1.33 bits per heavy atom. The molecule has 2 rings (SSSR count). The molecule has 0 fully saturated rings. The summed E-state index contributed by atoms with van der Waals surface area (Å²) in [6.45, 7) is 4.03. The van der Waals surface area contributed by atoms with Crippen LogP contribution in [0.2, 0.25) is 0 Å². The van der Waals surface area contributed by atoms with E-state index in [-0.39, 0.29) is 11.5 Å². The van der Waals surface area contributed by atoms with Crippen molar-refractivity contribution < 1.29 is 18.0 Å². The van der Waals surface area contributed by atoms with Gasteiger partial charge in [-0.25, -0.2) is 18.2 Å². The van der Waals surface area contributed by atoms with E-state index in [2.05, 4.69) is 10.3 Å². The molecule has 3 nitrogen and oxygen atoms in total. The van der Waals surface area contributed by atoms with Gasteiger partial charge in [0.05, 0.1) is 5.69 Å². The minimum atomic E-state index is -1.60. The van der Waals surface area contributed by atoms with Gasteiger partial charge in [0.2, 0.25) is 0 Å². The lowest BCUT2D eigenvalue weighted by atomic mass is 10.1. The van der Waals surface area contributed by atoms with E-state index >= 15 is 0 Å². The number of amides is 1. The summed E-state index contributed by atoms with van der Waals surface area (Å²) >= 11 is 1.22. The highest BCUT2D eigenvalue weighted by atomic mass is 32.1. The summed E-state index contributed by atoms with van der Waals surface area (Å²) in [7, 11) is 0. The van der Waals surface area contributed by atoms with E-state index in [4.69, 9.17) is 0 Å². The number of hydrogen-bond acceptors (Lipinski definition) is 3. The van der Waals surface area contributed by atoms with Gasteiger partial charge in [-0.15, -0.1) is 11.3 Å². The first-order valence-corrected chi connectivity index (χ1v) is 7.21. The first kappa shape index (κ1) is 15.5. The number of benzene rings is 1. The minimum absolute atomic E-state index is 0.257. The average molecular weight is 314 g/mol. The van der Waals surface area contributed by atoms with Crippen LogP contribution in [0.4, 0.5) is 18.3 Å². The molecular weight excluding hydrogens is 301 g/mol. The molecule has 0 saturated heterocycles. The molecular formula is C14H13F3N2OS. The number of nitrogens with one attached hydrogen (secondary N) is 1. The monoisotopic (exact) mass is 314 g/mol. The number of thiazole rings is 1. The van der Waals surface area contributed by atoms with E-state index < -0.39 is 23.4 Å². The van der Waals surface area contributed by atoms with Crippen LogP contribution < -0.4 is 5.32 Å². The van der Waals surface area contributed by atoms with Gasteiger partial charge in [-0.3, -0.25) is 10.1 Å². The third kappa shape index (κ3) is 3.41. The molecule has 1 heterocycles. The van der Waals surface area contributed by atoms with Crippen LogP contribution in [0.15, 0.2) is 17.5 Å². The smallest absolute Gasteiger partial charge is 0.257 e. The van der Waals surface area contributed by atoms with Crippen molar-refractivity contribution in [2.24, 2.45) is 0 Å². The zero-order valence-electron chi connectivity index (χ0n) is 11.4. The molecule has 0 radical (unpaired) electrons. The highest BCUT2D eigenvalue weighted by molar-refractivity contribution is 7.14. The zero-order chi connectivity index (χ0) is 15.6. The highest BCUT2D eigenvalue weighted by Crippen LogP contribution is 2.24. The van der Waals surface area contributed by atoms with Crippen LogP contribution in [0.25, 0.3) is 0 Å². The normalized spacial score (nSPS) is 12.2. The summed E-state index contributed by atoms with van der Waals surface area (Å²) < 4.78 is 39.0. The molecule has 1 aromatic carbocycles. The standard InChI is InChI=1S/C14H13F3N2OS/c1-3-7(2)11-6-21-14(18-11)19-13(20)8-4-9(15)12(17)10(16)5-8/h4-7H,3H2,1-2H3,(H,18,19,20). The van der Waals surface area contributed by atoms with Crippen molar-refractivity contribution in [2.45, 2.75) is 26.2 Å². The van der Waals surface area contributed by atoms with Crippen molar-refractivity contribution in [3.05, 3.63) is 46.2 Å². The third-order valence-corrected chi connectivity index (χ3v) is 3.88. The van der Waals surface area contributed by atoms with E-state index in [9.17, 15) is 18.0 Å². The fourth-order valence-corrected chi connectivity index (χ4v) is 2.46. The van der Waals surface area contributed by atoms with Crippen LogP contribution in [-0.4, -0.2) is 10.9 Å². The Morgan fingerprint density at radius 2 is 1.95 bits per heavy atom. The molecule has 0 saturated carbocycles. The van der Waals surface area contributed by atoms with Crippen LogP contribution >= 0.6 is 11.3 Å². The Balaban J connectivity index is 2.16. The van der Waals surface area contributed by atoms with Crippen molar-refractivity contribution in [1.29, 1.82) is 0 Å². The van der Waals surface area contributed by atoms with Crippen molar-refractivity contribution in [3.63, 3.8) is 0 Å². The fraction of sp³-hybridized carbons (Fsp3) is 0.286. The SMILES string of the molecule is CCC(C)c1csc(NC(=O)c2cc(F)c(F)c(F)c2)n1. The Kier molecular flexibility index (Phi) is 4.62. The second-order valence-corrected chi connectivity index (χ2v) is 5.45. The van der Waals surface area contributed by atoms with Gasteiger partial charge in [0.15, 0.2) is 22.6 Å². The maximum absolute atomic E-state index is 13.1. The maximum atomic E-state index is 13.1. The first-order valence-electron chi connectivity index (χ1n) is 6.33. The number of aromatic nitrogens is 1. The van der Waals surface area contributed by atoms with E-state index in [1.165, 1.54) is 11.3 Å². The van der Waals surface area contributed by atoms with Gasteiger partial charge in [-0.1, -0.05) is 13.8 Å². The summed E-state index contributed by atoms with van der Waals surface area (Å²) in [6.07, 6.45) is 0.908. The minimum Gasteiger partial charge on any atom is -0.298 e. The lowest BCUT2D eigenvalue weighted by molar-refractivity contribution is 0.102. The average Bonchev–Trinajstić information content (AvgIpc) is 2.91. The van der Waals surface area contributed by atoms with Gasteiger partial charge < -0.3 is 0 Å². The molecule has 1 N–H and O–H groups in total. The summed E-state index contributed by atoms with van der Waals surface area (Å²) in [5, 5.41) is 4.59. The molecule has 1 amide bonds. The molecule has 0 aliphatic heterocycles. The highest BCUT2D eigenvalue weighted by Gasteiger charge is 2.16. The second-order valence-electron chi connectivity index (χ2n) is 4.59. The Hall–Kier alpha value is -1.89. The molecule has 2 aromatic rings. The van der Waals surface area contributed by atoms with Crippen LogP contribution in [-0.2, 0) is 0 Å². The summed E-state index contributed by atoms with van der Waals surface area (Å²) in [4.78, 5) is 16.1. The van der Waals surface area contributed by atoms with Crippen molar-refractivity contribution in [1.82, 2.24) is 4.98 Å². The molecule has 0 spiro atoms. The number of rotatable bonds is 4. The first-order chi connectivity index (χ1) is 9.92. The van der Waals surface area contributed by atoms with Gasteiger partial charge in [0, 0.05) is 10.9 Å². The van der Waals surface area contributed by atoms with Crippen LogP contribution in [0.1, 0.15) is 42.2 Å². The molecule has 1 atom stereocenters. The number of hydrogen-bond donors (Lipinski definition) is 1. The van der Waals surface area contributed by atoms with Gasteiger partial charge in [-0.2, -0.15) is 0 Å². The Morgan fingerprint density at radius 3 is 2.52 bits per heavy atom. The van der Waals surface area contributed by atoms with Gasteiger partial charge >= 0.3 is 0 Å². The number of carbonyl (C=O) groups excluding carboxylic acids is 1. The Bertz CT molecular complexity index is 649. The fourth-order valence-electron chi connectivity index (χ4n) is 1.63. The molecule has 0 aliphatic carbocycles. The van der Waals surface area contributed by atoms with E-state index in [0.717, 1.165) is 12.1 Å². The van der Waals surface area contributed by atoms with Crippen molar-refractivity contribution in [3.8, 4) is 0 Å². The summed E-state index contributed by atoms with van der Waals surface area (Å²) in [6, 6.07) is 1.30.